The number of aromatic nitrogens is 2. The minimum absolute atomic E-state index is 0.0855. The zero-order valence-electron chi connectivity index (χ0n) is 13.5. The molecule has 0 saturated carbocycles. The molecule has 0 fully saturated rings. The summed E-state index contributed by atoms with van der Waals surface area (Å²) in [5.74, 6) is 0.663. The molecule has 25 heavy (non-hydrogen) atoms. The van der Waals surface area contributed by atoms with Crippen molar-refractivity contribution >= 4 is 22.6 Å². The second kappa shape index (κ2) is 7.00. The van der Waals surface area contributed by atoms with Gasteiger partial charge in [0.25, 0.3) is 11.6 Å². The van der Waals surface area contributed by atoms with Crippen LogP contribution in [0.15, 0.2) is 48.5 Å². The number of nitro groups is 1. The van der Waals surface area contributed by atoms with Crippen LogP contribution in [0.1, 0.15) is 5.82 Å². The third kappa shape index (κ3) is 3.74. The van der Waals surface area contributed by atoms with Crippen LogP contribution >= 0.6 is 0 Å². The molecule has 0 spiro atoms. The van der Waals surface area contributed by atoms with Crippen LogP contribution in [-0.4, -0.2) is 27.0 Å². The van der Waals surface area contributed by atoms with Gasteiger partial charge in [0.1, 0.15) is 11.6 Å². The van der Waals surface area contributed by atoms with Crippen molar-refractivity contribution in [2.24, 2.45) is 7.05 Å². The SMILES string of the molecule is Cn1c(CNC(=O)COc2cccc([N+](=O)[O-])c2)nc2ccccc21. The lowest BCUT2D eigenvalue weighted by atomic mass is 10.3. The summed E-state index contributed by atoms with van der Waals surface area (Å²) in [7, 11) is 1.89. The molecule has 1 aromatic heterocycles. The van der Waals surface area contributed by atoms with Crippen molar-refractivity contribution in [3.63, 3.8) is 0 Å². The molecule has 0 bridgehead atoms. The molecule has 0 radical (unpaired) electrons. The minimum atomic E-state index is -0.515. The number of hydrogen-bond acceptors (Lipinski definition) is 5. The number of aryl methyl sites for hydroxylation is 1. The number of nitrogens with zero attached hydrogens (tertiary/aromatic N) is 3. The maximum atomic E-state index is 11.9. The smallest absolute Gasteiger partial charge is 0.273 e. The highest BCUT2D eigenvalue weighted by Crippen LogP contribution is 2.19. The molecule has 8 heteroatoms. The lowest BCUT2D eigenvalue weighted by Gasteiger charge is -2.07. The number of nitrogens with one attached hydrogen (secondary N) is 1. The molecule has 0 saturated heterocycles. The number of non-ortho nitro benzene ring substituents is 1. The first-order valence-electron chi connectivity index (χ1n) is 7.59. The maximum Gasteiger partial charge on any atom is 0.273 e. The number of fused-ring (bicyclic) bond motifs is 1. The normalized spacial score (nSPS) is 10.6. The van der Waals surface area contributed by atoms with Crippen LogP contribution in [0.2, 0.25) is 0 Å². The van der Waals surface area contributed by atoms with Crippen LogP contribution in [0.25, 0.3) is 11.0 Å². The van der Waals surface area contributed by atoms with Crippen molar-refractivity contribution in [2.45, 2.75) is 6.54 Å². The monoisotopic (exact) mass is 340 g/mol. The predicted molar refractivity (Wildman–Crippen MR) is 91.2 cm³/mol. The second-order valence-corrected chi connectivity index (χ2v) is 5.40. The third-order valence-corrected chi connectivity index (χ3v) is 3.72. The van der Waals surface area contributed by atoms with Gasteiger partial charge in [0.05, 0.1) is 28.6 Å². The number of benzene rings is 2. The Morgan fingerprint density at radius 3 is 2.84 bits per heavy atom. The van der Waals surface area contributed by atoms with Crippen LogP contribution in [-0.2, 0) is 18.4 Å². The fraction of sp³-hybridized carbons (Fsp3) is 0.176. The molecule has 0 aliphatic heterocycles. The zero-order valence-corrected chi connectivity index (χ0v) is 13.5. The van der Waals surface area contributed by atoms with Gasteiger partial charge in [-0.25, -0.2) is 4.98 Å². The summed E-state index contributed by atoms with van der Waals surface area (Å²) in [6, 6.07) is 13.4. The lowest BCUT2D eigenvalue weighted by molar-refractivity contribution is -0.384. The number of ether oxygens (including phenoxy) is 1. The largest absolute Gasteiger partial charge is 0.484 e. The van der Waals surface area contributed by atoms with E-state index in [2.05, 4.69) is 10.3 Å². The highest BCUT2D eigenvalue weighted by Gasteiger charge is 2.10. The Bertz CT molecular complexity index is 935. The Morgan fingerprint density at radius 2 is 2.08 bits per heavy atom. The number of rotatable bonds is 6. The van der Waals surface area contributed by atoms with Gasteiger partial charge in [-0.15, -0.1) is 0 Å². The summed E-state index contributed by atoms with van der Waals surface area (Å²) >= 11 is 0. The third-order valence-electron chi connectivity index (χ3n) is 3.72. The molecule has 0 aliphatic carbocycles. The standard InChI is InChI=1S/C17H16N4O4/c1-20-15-8-3-2-7-14(15)19-16(20)10-18-17(22)11-25-13-6-4-5-12(9-13)21(23)24/h2-9H,10-11H2,1H3,(H,18,22). The molecule has 0 atom stereocenters. The van der Waals surface area contributed by atoms with Crippen LogP contribution in [0.5, 0.6) is 5.75 Å². The summed E-state index contributed by atoms with van der Waals surface area (Å²) in [4.78, 5) is 26.6. The van der Waals surface area contributed by atoms with Crippen molar-refractivity contribution < 1.29 is 14.5 Å². The fourth-order valence-corrected chi connectivity index (χ4v) is 2.42. The molecular formula is C17H16N4O4. The summed E-state index contributed by atoms with van der Waals surface area (Å²) in [5.41, 5.74) is 1.76. The average molecular weight is 340 g/mol. The number of nitro benzene ring substituents is 1. The van der Waals surface area contributed by atoms with E-state index < -0.39 is 4.92 Å². The second-order valence-electron chi connectivity index (χ2n) is 5.40. The molecule has 3 aromatic rings. The molecule has 8 nitrogen and oxygen atoms in total. The van der Waals surface area contributed by atoms with Gasteiger partial charge in [-0.05, 0) is 18.2 Å². The number of carbonyl (C=O) groups is 1. The van der Waals surface area contributed by atoms with E-state index in [1.165, 1.54) is 18.2 Å². The Balaban J connectivity index is 1.57. The van der Waals surface area contributed by atoms with Crippen molar-refractivity contribution in [1.29, 1.82) is 0 Å². The topological polar surface area (TPSA) is 99.3 Å². The van der Waals surface area contributed by atoms with E-state index in [9.17, 15) is 14.9 Å². The van der Waals surface area contributed by atoms with Crippen molar-refractivity contribution in [1.82, 2.24) is 14.9 Å². The molecule has 1 heterocycles. The van der Waals surface area contributed by atoms with E-state index in [0.717, 1.165) is 16.9 Å². The lowest BCUT2D eigenvalue weighted by Crippen LogP contribution is -2.29. The van der Waals surface area contributed by atoms with E-state index in [4.69, 9.17) is 4.74 Å². The number of hydrogen-bond donors (Lipinski definition) is 1. The average Bonchev–Trinajstić information content (AvgIpc) is 2.95. The van der Waals surface area contributed by atoms with Gasteiger partial charge in [0.15, 0.2) is 6.61 Å². The van der Waals surface area contributed by atoms with Crippen LogP contribution in [0.3, 0.4) is 0 Å². The quantitative estimate of drug-likeness (QED) is 0.548. The Hall–Kier alpha value is -3.42. The first kappa shape index (κ1) is 16.4. The van der Waals surface area contributed by atoms with E-state index in [1.807, 2.05) is 35.9 Å². The Kier molecular flexibility index (Phi) is 4.60. The molecule has 1 amide bonds. The van der Waals surface area contributed by atoms with Gasteiger partial charge in [-0.2, -0.15) is 0 Å². The van der Waals surface area contributed by atoms with Crippen molar-refractivity contribution in [3.8, 4) is 5.75 Å². The summed E-state index contributed by atoms with van der Waals surface area (Å²) < 4.78 is 7.21. The number of imidazole rings is 1. The van der Waals surface area contributed by atoms with Crippen molar-refractivity contribution in [3.05, 3.63) is 64.5 Å². The molecule has 0 aliphatic rings. The first-order chi connectivity index (χ1) is 12.0. The minimum Gasteiger partial charge on any atom is -0.484 e. The van der Waals surface area contributed by atoms with Crippen LogP contribution < -0.4 is 10.1 Å². The Morgan fingerprint density at radius 1 is 1.28 bits per heavy atom. The van der Waals surface area contributed by atoms with Gasteiger partial charge in [0, 0.05) is 13.1 Å². The van der Waals surface area contributed by atoms with Gasteiger partial charge in [-0.3, -0.25) is 14.9 Å². The van der Waals surface area contributed by atoms with Crippen LogP contribution in [0, 0.1) is 10.1 Å². The Labute approximate surface area is 143 Å². The summed E-state index contributed by atoms with van der Waals surface area (Å²) in [5, 5.41) is 13.4. The maximum absolute atomic E-state index is 11.9. The van der Waals surface area contributed by atoms with Crippen LogP contribution in [0.4, 0.5) is 5.69 Å². The highest BCUT2D eigenvalue weighted by atomic mass is 16.6. The van der Waals surface area contributed by atoms with E-state index in [0.29, 0.717) is 0 Å². The highest BCUT2D eigenvalue weighted by molar-refractivity contribution is 5.78. The van der Waals surface area contributed by atoms with Gasteiger partial charge in [0.2, 0.25) is 0 Å². The number of para-hydroxylation sites is 2. The molecule has 2 aromatic carbocycles. The summed E-state index contributed by atoms with van der Waals surface area (Å²) in [6.45, 7) is 0.0351. The van der Waals surface area contributed by atoms with Crippen molar-refractivity contribution in [2.75, 3.05) is 6.61 Å². The summed E-state index contributed by atoms with van der Waals surface area (Å²) in [6.07, 6.45) is 0. The van der Waals surface area contributed by atoms with Gasteiger partial charge in [-0.1, -0.05) is 18.2 Å². The number of carbonyl (C=O) groups excluding carboxylic acids is 1. The molecule has 1 N–H and O–H groups in total. The van der Waals surface area contributed by atoms with Gasteiger partial charge < -0.3 is 14.6 Å². The van der Waals surface area contributed by atoms with Gasteiger partial charge >= 0.3 is 0 Å². The number of amides is 1. The zero-order chi connectivity index (χ0) is 17.8. The molecule has 128 valence electrons. The predicted octanol–water partition coefficient (Wildman–Crippen LogP) is 2.18. The van der Waals surface area contributed by atoms with E-state index in [1.54, 1.807) is 6.07 Å². The first-order valence-corrected chi connectivity index (χ1v) is 7.59. The fourth-order valence-electron chi connectivity index (χ4n) is 2.42. The van der Waals surface area contributed by atoms with E-state index in [-0.39, 0.29) is 30.5 Å². The molecule has 0 unspecified atom stereocenters. The molecular weight excluding hydrogens is 324 g/mol. The van der Waals surface area contributed by atoms with E-state index >= 15 is 0 Å². The molecule has 3 rings (SSSR count).